The maximum atomic E-state index is 14.5. The SMILES string of the molecule is CC1=CN(c2ccc(F)c(-n3cc4cc(C(C)C)cnc4n3)c2)CC=N1. The van der Waals surface area contributed by atoms with Crippen LogP contribution in [0.2, 0.25) is 0 Å². The number of rotatable bonds is 3. The van der Waals surface area contributed by atoms with Gasteiger partial charge in [0.05, 0.1) is 12.2 Å². The molecule has 1 aliphatic heterocycles. The molecule has 3 aromatic rings. The summed E-state index contributed by atoms with van der Waals surface area (Å²) in [5.41, 5.74) is 3.96. The third kappa shape index (κ3) is 2.98. The number of hydrogen-bond donors (Lipinski definition) is 0. The number of aliphatic imine (C=N–C) groups is 1. The van der Waals surface area contributed by atoms with Gasteiger partial charge in [0.2, 0.25) is 0 Å². The summed E-state index contributed by atoms with van der Waals surface area (Å²) >= 11 is 0. The molecule has 0 fully saturated rings. The number of nitrogens with zero attached hydrogens (tertiary/aromatic N) is 5. The topological polar surface area (TPSA) is 46.3 Å². The van der Waals surface area contributed by atoms with Gasteiger partial charge in [0.1, 0.15) is 11.5 Å². The Hall–Kier alpha value is -3.02. The molecule has 3 heterocycles. The molecule has 0 bridgehead atoms. The summed E-state index contributed by atoms with van der Waals surface area (Å²) in [6, 6.07) is 7.10. The van der Waals surface area contributed by atoms with Crippen LogP contribution in [0.25, 0.3) is 16.7 Å². The van der Waals surface area contributed by atoms with Gasteiger partial charge in [-0.15, -0.1) is 5.10 Å². The van der Waals surface area contributed by atoms with Crippen molar-refractivity contribution in [2.75, 3.05) is 11.4 Å². The molecule has 6 heteroatoms. The first-order valence-corrected chi connectivity index (χ1v) is 8.64. The van der Waals surface area contributed by atoms with Gasteiger partial charge in [-0.2, -0.15) is 0 Å². The van der Waals surface area contributed by atoms with Gasteiger partial charge in [-0.25, -0.2) is 14.1 Å². The largest absolute Gasteiger partial charge is 0.341 e. The summed E-state index contributed by atoms with van der Waals surface area (Å²) in [5.74, 6) is 0.0584. The van der Waals surface area contributed by atoms with Crippen molar-refractivity contribution >= 4 is 22.9 Å². The summed E-state index contributed by atoms with van der Waals surface area (Å²) in [6.45, 7) is 6.83. The lowest BCUT2D eigenvalue weighted by Gasteiger charge is -2.22. The van der Waals surface area contributed by atoms with Crippen LogP contribution in [0.4, 0.5) is 10.1 Å². The molecular weight excluding hydrogens is 329 g/mol. The first kappa shape index (κ1) is 16.4. The van der Waals surface area contributed by atoms with E-state index in [1.807, 2.05) is 36.6 Å². The molecule has 0 spiro atoms. The van der Waals surface area contributed by atoms with Gasteiger partial charge in [-0.05, 0) is 42.7 Å². The molecule has 1 aliphatic rings. The molecule has 5 nitrogen and oxygen atoms in total. The molecule has 0 saturated heterocycles. The van der Waals surface area contributed by atoms with Gasteiger partial charge in [0.15, 0.2) is 5.65 Å². The number of hydrogen-bond acceptors (Lipinski definition) is 4. The zero-order valence-corrected chi connectivity index (χ0v) is 15.0. The maximum absolute atomic E-state index is 14.5. The Morgan fingerprint density at radius 1 is 1.19 bits per heavy atom. The van der Waals surface area contributed by atoms with Crippen molar-refractivity contribution in [2.45, 2.75) is 26.7 Å². The Morgan fingerprint density at radius 3 is 2.81 bits per heavy atom. The second-order valence-electron chi connectivity index (χ2n) is 6.78. The number of pyridine rings is 1. The molecule has 4 rings (SSSR count). The van der Waals surface area contributed by atoms with Gasteiger partial charge in [0.25, 0.3) is 0 Å². The van der Waals surface area contributed by atoms with Crippen LogP contribution >= 0.6 is 0 Å². The number of fused-ring (bicyclic) bond motifs is 1. The van der Waals surface area contributed by atoms with Gasteiger partial charge in [-0.3, -0.25) is 4.99 Å². The molecule has 132 valence electrons. The van der Waals surface area contributed by atoms with E-state index in [0.717, 1.165) is 22.3 Å². The van der Waals surface area contributed by atoms with Crippen molar-refractivity contribution < 1.29 is 4.39 Å². The number of allylic oxidation sites excluding steroid dienone is 1. The van der Waals surface area contributed by atoms with E-state index in [-0.39, 0.29) is 5.82 Å². The van der Waals surface area contributed by atoms with Crippen LogP contribution in [0.15, 0.2) is 53.5 Å². The van der Waals surface area contributed by atoms with Crippen LogP contribution in [0.3, 0.4) is 0 Å². The van der Waals surface area contributed by atoms with E-state index in [9.17, 15) is 4.39 Å². The summed E-state index contributed by atoms with van der Waals surface area (Å²) in [7, 11) is 0. The fourth-order valence-corrected chi connectivity index (χ4v) is 2.99. The fraction of sp³-hybridized carbons (Fsp3) is 0.250. The predicted molar refractivity (Wildman–Crippen MR) is 103 cm³/mol. The number of aromatic nitrogens is 3. The maximum Gasteiger partial charge on any atom is 0.181 e. The van der Waals surface area contributed by atoms with Crippen molar-refractivity contribution in [3.05, 3.63) is 59.9 Å². The highest BCUT2D eigenvalue weighted by molar-refractivity contribution is 5.76. The Bertz CT molecular complexity index is 1030. The highest BCUT2D eigenvalue weighted by Crippen LogP contribution is 2.25. The molecule has 2 aromatic heterocycles. The normalized spacial score (nSPS) is 14.3. The predicted octanol–water partition coefficient (Wildman–Crippen LogP) is 4.44. The average Bonchev–Trinajstić information content (AvgIpc) is 3.05. The zero-order chi connectivity index (χ0) is 18.3. The third-order valence-electron chi connectivity index (χ3n) is 4.47. The van der Waals surface area contributed by atoms with E-state index < -0.39 is 0 Å². The van der Waals surface area contributed by atoms with Crippen LogP contribution in [0, 0.1) is 5.82 Å². The molecule has 0 aliphatic carbocycles. The zero-order valence-electron chi connectivity index (χ0n) is 15.0. The highest BCUT2D eigenvalue weighted by atomic mass is 19.1. The van der Waals surface area contributed by atoms with E-state index >= 15 is 0 Å². The summed E-state index contributed by atoms with van der Waals surface area (Å²) in [4.78, 5) is 10.7. The minimum absolute atomic E-state index is 0.322. The second-order valence-corrected chi connectivity index (χ2v) is 6.78. The van der Waals surface area contributed by atoms with Gasteiger partial charge < -0.3 is 4.90 Å². The molecule has 0 unspecified atom stereocenters. The van der Waals surface area contributed by atoms with Crippen molar-refractivity contribution in [1.82, 2.24) is 14.8 Å². The Balaban J connectivity index is 1.76. The molecule has 0 amide bonds. The van der Waals surface area contributed by atoms with Crippen LogP contribution in [-0.2, 0) is 0 Å². The van der Waals surface area contributed by atoms with E-state index in [0.29, 0.717) is 23.8 Å². The molecule has 0 radical (unpaired) electrons. The van der Waals surface area contributed by atoms with Crippen LogP contribution in [0.5, 0.6) is 0 Å². The molecule has 0 atom stereocenters. The van der Waals surface area contributed by atoms with Crippen molar-refractivity contribution in [2.24, 2.45) is 4.99 Å². The number of benzene rings is 1. The van der Waals surface area contributed by atoms with Crippen molar-refractivity contribution in [1.29, 1.82) is 0 Å². The van der Waals surface area contributed by atoms with Crippen LogP contribution in [-0.4, -0.2) is 27.5 Å². The molecule has 26 heavy (non-hydrogen) atoms. The molecular formula is C20H20FN5. The third-order valence-corrected chi connectivity index (χ3v) is 4.47. The van der Waals surface area contributed by atoms with Crippen molar-refractivity contribution in [3.8, 4) is 5.69 Å². The van der Waals surface area contributed by atoms with Crippen molar-refractivity contribution in [3.63, 3.8) is 0 Å². The summed E-state index contributed by atoms with van der Waals surface area (Å²) < 4.78 is 16.1. The Morgan fingerprint density at radius 2 is 2.04 bits per heavy atom. The second kappa shape index (κ2) is 6.37. The van der Waals surface area contributed by atoms with Gasteiger partial charge in [-0.1, -0.05) is 13.8 Å². The Kier molecular flexibility index (Phi) is 4.03. The lowest BCUT2D eigenvalue weighted by Crippen LogP contribution is -2.22. The van der Waals surface area contributed by atoms with Gasteiger partial charge in [0, 0.05) is 35.9 Å². The first-order chi connectivity index (χ1) is 12.5. The fourth-order valence-electron chi connectivity index (χ4n) is 2.99. The van der Waals surface area contributed by atoms with E-state index in [4.69, 9.17) is 0 Å². The average molecular weight is 349 g/mol. The van der Waals surface area contributed by atoms with Gasteiger partial charge >= 0.3 is 0 Å². The minimum Gasteiger partial charge on any atom is -0.341 e. The van der Waals surface area contributed by atoms with Crippen LogP contribution < -0.4 is 4.90 Å². The standard InChI is InChI=1S/C20H20FN5/c1-13(2)15-8-16-12-26(24-20(16)23-10-15)19-9-17(4-5-18(19)21)25-7-6-22-14(3)11-25/h4-6,8-13H,7H2,1-3H3. The summed E-state index contributed by atoms with van der Waals surface area (Å²) in [5, 5.41) is 5.36. The minimum atomic E-state index is -0.322. The smallest absolute Gasteiger partial charge is 0.181 e. The molecule has 0 N–H and O–H groups in total. The Labute approximate surface area is 151 Å². The quantitative estimate of drug-likeness (QED) is 0.702. The van der Waals surface area contributed by atoms with E-state index in [1.54, 1.807) is 16.8 Å². The first-order valence-electron chi connectivity index (χ1n) is 8.64. The number of halogens is 1. The summed E-state index contributed by atoms with van der Waals surface area (Å²) in [6.07, 6.45) is 7.46. The van der Waals surface area contributed by atoms with Crippen LogP contribution in [0.1, 0.15) is 32.3 Å². The van der Waals surface area contributed by atoms with E-state index in [1.165, 1.54) is 6.07 Å². The molecule has 1 aromatic carbocycles. The highest BCUT2D eigenvalue weighted by Gasteiger charge is 2.14. The van der Waals surface area contributed by atoms with E-state index in [2.05, 4.69) is 35.0 Å². The number of anilines is 1. The lowest BCUT2D eigenvalue weighted by atomic mass is 10.1. The molecule has 0 saturated carbocycles. The monoisotopic (exact) mass is 349 g/mol. The lowest BCUT2D eigenvalue weighted by molar-refractivity contribution is 0.611.